The van der Waals surface area contributed by atoms with Crippen molar-refractivity contribution in [1.29, 1.82) is 0 Å². The van der Waals surface area contributed by atoms with E-state index in [1.54, 1.807) is 18.3 Å². The number of amides is 1. The van der Waals surface area contributed by atoms with E-state index in [0.29, 0.717) is 23.7 Å². The van der Waals surface area contributed by atoms with Crippen LogP contribution in [0, 0.1) is 0 Å². The third-order valence-electron chi connectivity index (χ3n) is 4.11. The first-order chi connectivity index (χ1) is 11.8. The van der Waals surface area contributed by atoms with E-state index >= 15 is 0 Å². The number of hydrogen-bond donors (Lipinski definition) is 1. The summed E-state index contributed by atoms with van der Waals surface area (Å²) in [5, 5.41) is 11.1. The molecule has 0 radical (unpaired) electrons. The quantitative estimate of drug-likeness (QED) is 0.790. The molecule has 2 aromatic heterocycles. The fourth-order valence-electron chi connectivity index (χ4n) is 2.82. The van der Waals surface area contributed by atoms with E-state index in [0.717, 1.165) is 25.0 Å². The van der Waals surface area contributed by atoms with Gasteiger partial charge in [0.1, 0.15) is 0 Å². The number of aromatic nitrogens is 4. The Kier molecular flexibility index (Phi) is 3.92. The Morgan fingerprint density at radius 2 is 2.17 bits per heavy atom. The minimum absolute atomic E-state index is 0.0928. The average Bonchev–Trinajstić information content (AvgIpc) is 3.29. The van der Waals surface area contributed by atoms with Crippen LogP contribution in [0.3, 0.4) is 0 Å². The standard InChI is InChI=1S/C17H17N5O2/c23-16(19-11-14-3-1-10-24-14)13-6-4-12(5-7-13)15-20-21-17-18-8-2-9-22(15)17/h2,4-9,14H,1,3,10-11H2,(H,19,23). The summed E-state index contributed by atoms with van der Waals surface area (Å²) in [5.41, 5.74) is 1.50. The van der Waals surface area contributed by atoms with Crippen LogP contribution in [0.25, 0.3) is 17.2 Å². The van der Waals surface area contributed by atoms with Gasteiger partial charge < -0.3 is 10.1 Å². The number of hydrogen-bond acceptors (Lipinski definition) is 5. The van der Waals surface area contributed by atoms with Crippen LogP contribution in [0.1, 0.15) is 23.2 Å². The van der Waals surface area contributed by atoms with E-state index in [2.05, 4.69) is 20.5 Å². The number of benzene rings is 1. The number of fused-ring (bicyclic) bond motifs is 1. The van der Waals surface area contributed by atoms with Gasteiger partial charge in [0.2, 0.25) is 0 Å². The third-order valence-corrected chi connectivity index (χ3v) is 4.11. The van der Waals surface area contributed by atoms with Crippen LogP contribution in [-0.2, 0) is 4.74 Å². The summed E-state index contributed by atoms with van der Waals surface area (Å²) in [6.45, 7) is 1.34. The fourth-order valence-corrected chi connectivity index (χ4v) is 2.82. The molecule has 1 aliphatic rings. The minimum Gasteiger partial charge on any atom is -0.376 e. The predicted molar refractivity (Wildman–Crippen MR) is 87.5 cm³/mol. The van der Waals surface area contributed by atoms with E-state index in [-0.39, 0.29) is 12.0 Å². The summed E-state index contributed by atoms with van der Waals surface area (Å²) < 4.78 is 7.32. The lowest BCUT2D eigenvalue weighted by Crippen LogP contribution is -2.31. The maximum atomic E-state index is 12.2. The maximum Gasteiger partial charge on any atom is 0.255 e. The SMILES string of the molecule is O=C(NCC1CCCO1)c1ccc(-c2nnc3ncccn23)cc1. The average molecular weight is 323 g/mol. The molecule has 24 heavy (non-hydrogen) atoms. The summed E-state index contributed by atoms with van der Waals surface area (Å²) in [4.78, 5) is 16.4. The van der Waals surface area contributed by atoms with Gasteiger partial charge in [0.05, 0.1) is 6.10 Å². The smallest absolute Gasteiger partial charge is 0.255 e. The molecule has 7 heteroatoms. The monoisotopic (exact) mass is 323 g/mol. The van der Waals surface area contributed by atoms with Crippen LogP contribution in [0.5, 0.6) is 0 Å². The molecule has 122 valence electrons. The summed E-state index contributed by atoms with van der Waals surface area (Å²) in [7, 11) is 0. The molecule has 1 aromatic carbocycles. The Labute approximate surface area is 138 Å². The highest BCUT2D eigenvalue weighted by atomic mass is 16.5. The maximum absolute atomic E-state index is 12.2. The summed E-state index contributed by atoms with van der Waals surface area (Å²) >= 11 is 0. The number of carbonyl (C=O) groups is 1. The molecule has 1 N–H and O–H groups in total. The number of nitrogens with zero attached hydrogens (tertiary/aromatic N) is 4. The van der Waals surface area contributed by atoms with Crippen LogP contribution in [0.15, 0.2) is 42.7 Å². The molecule has 3 aromatic rings. The lowest BCUT2D eigenvalue weighted by atomic mass is 10.1. The molecule has 4 rings (SSSR count). The van der Waals surface area contributed by atoms with Crippen molar-refractivity contribution in [3.05, 3.63) is 48.3 Å². The Bertz CT molecular complexity index is 853. The highest BCUT2D eigenvalue weighted by molar-refractivity contribution is 5.94. The molecule has 1 aliphatic heterocycles. The van der Waals surface area contributed by atoms with Crippen molar-refractivity contribution < 1.29 is 9.53 Å². The Balaban J connectivity index is 1.49. The molecular weight excluding hydrogens is 306 g/mol. The van der Waals surface area contributed by atoms with Crippen molar-refractivity contribution >= 4 is 11.7 Å². The van der Waals surface area contributed by atoms with Crippen LogP contribution >= 0.6 is 0 Å². The van der Waals surface area contributed by atoms with Crippen molar-refractivity contribution in [3.8, 4) is 11.4 Å². The van der Waals surface area contributed by atoms with E-state index in [1.807, 2.05) is 28.8 Å². The summed E-state index contributed by atoms with van der Waals surface area (Å²) in [6.07, 6.45) is 5.75. The zero-order valence-corrected chi connectivity index (χ0v) is 13.1. The van der Waals surface area contributed by atoms with Crippen molar-refractivity contribution in [2.75, 3.05) is 13.2 Å². The molecule has 1 saturated heterocycles. The number of carbonyl (C=O) groups excluding carboxylic acids is 1. The van der Waals surface area contributed by atoms with Gasteiger partial charge in [-0.05, 0) is 31.0 Å². The molecule has 1 atom stereocenters. The first-order valence-electron chi connectivity index (χ1n) is 7.97. The molecular formula is C17H17N5O2. The zero-order valence-electron chi connectivity index (χ0n) is 13.1. The third kappa shape index (κ3) is 2.85. The molecule has 1 unspecified atom stereocenters. The number of ether oxygens (including phenoxy) is 1. The molecule has 1 fully saturated rings. The van der Waals surface area contributed by atoms with Gasteiger partial charge >= 0.3 is 0 Å². The molecule has 0 aliphatic carbocycles. The van der Waals surface area contributed by atoms with Crippen molar-refractivity contribution in [3.63, 3.8) is 0 Å². The van der Waals surface area contributed by atoms with Crippen LogP contribution in [0.4, 0.5) is 0 Å². The van der Waals surface area contributed by atoms with E-state index < -0.39 is 0 Å². The lowest BCUT2D eigenvalue weighted by Gasteiger charge is -2.10. The molecule has 0 saturated carbocycles. The van der Waals surface area contributed by atoms with Gasteiger partial charge in [0.25, 0.3) is 11.7 Å². The van der Waals surface area contributed by atoms with Crippen molar-refractivity contribution in [2.45, 2.75) is 18.9 Å². The highest BCUT2D eigenvalue weighted by Crippen LogP contribution is 2.18. The number of rotatable bonds is 4. The number of nitrogens with one attached hydrogen (secondary N) is 1. The molecule has 7 nitrogen and oxygen atoms in total. The Morgan fingerprint density at radius 1 is 1.29 bits per heavy atom. The summed E-state index contributed by atoms with van der Waals surface area (Å²) in [6, 6.07) is 9.14. The van der Waals surface area contributed by atoms with Gasteiger partial charge in [-0.25, -0.2) is 4.98 Å². The van der Waals surface area contributed by atoms with Crippen molar-refractivity contribution in [2.24, 2.45) is 0 Å². The van der Waals surface area contributed by atoms with Crippen LogP contribution < -0.4 is 5.32 Å². The lowest BCUT2D eigenvalue weighted by molar-refractivity contribution is 0.0858. The zero-order chi connectivity index (χ0) is 16.4. The van der Waals surface area contributed by atoms with Gasteiger partial charge in [-0.15, -0.1) is 10.2 Å². The normalized spacial score (nSPS) is 17.2. The van der Waals surface area contributed by atoms with Gasteiger partial charge in [-0.1, -0.05) is 12.1 Å². The van der Waals surface area contributed by atoms with E-state index in [1.165, 1.54) is 0 Å². The van der Waals surface area contributed by atoms with Gasteiger partial charge in [0.15, 0.2) is 5.82 Å². The topological polar surface area (TPSA) is 81.4 Å². The van der Waals surface area contributed by atoms with Crippen molar-refractivity contribution in [1.82, 2.24) is 24.9 Å². The first-order valence-corrected chi connectivity index (χ1v) is 7.97. The minimum atomic E-state index is -0.0928. The van der Waals surface area contributed by atoms with Gasteiger partial charge in [-0.2, -0.15) is 0 Å². The fraction of sp³-hybridized carbons (Fsp3) is 0.294. The Morgan fingerprint density at radius 3 is 2.96 bits per heavy atom. The van der Waals surface area contributed by atoms with Crippen LogP contribution in [-0.4, -0.2) is 44.7 Å². The second-order valence-corrected chi connectivity index (χ2v) is 5.74. The first kappa shape index (κ1) is 14.8. The van der Waals surface area contributed by atoms with Gasteiger partial charge in [-0.3, -0.25) is 9.20 Å². The predicted octanol–water partition coefficient (Wildman–Crippen LogP) is 1.70. The van der Waals surface area contributed by atoms with Gasteiger partial charge in [0, 0.05) is 36.7 Å². The molecule has 1 amide bonds. The molecule has 0 spiro atoms. The van der Waals surface area contributed by atoms with Crippen LogP contribution in [0.2, 0.25) is 0 Å². The second kappa shape index (κ2) is 6.37. The molecule has 0 bridgehead atoms. The summed E-state index contributed by atoms with van der Waals surface area (Å²) in [5.74, 6) is 1.15. The largest absolute Gasteiger partial charge is 0.376 e. The van der Waals surface area contributed by atoms with E-state index in [9.17, 15) is 4.79 Å². The van der Waals surface area contributed by atoms with E-state index in [4.69, 9.17) is 4.74 Å². The second-order valence-electron chi connectivity index (χ2n) is 5.74. The highest BCUT2D eigenvalue weighted by Gasteiger charge is 2.17. The Hall–Kier alpha value is -2.80. The molecule has 3 heterocycles.